The normalized spacial score (nSPS) is 12.3. The summed E-state index contributed by atoms with van der Waals surface area (Å²) >= 11 is 0. The van der Waals surface area contributed by atoms with Crippen LogP contribution in [0.5, 0.6) is 5.75 Å². The molecule has 1 unspecified atom stereocenters. The molecule has 0 saturated carbocycles. The van der Waals surface area contributed by atoms with Gasteiger partial charge in [0.05, 0.1) is 6.54 Å². The van der Waals surface area contributed by atoms with Crippen molar-refractivity contribution in [1.29, 1.82) is 0 Å². The smallest absolute Gasteiger partial charge is 0.143 e. The first-order chi connectivity index (χ1) is 9.15. The van der Waals surface area contributed by atoms with Crippen LogP contribution in [-0.2, 0) is 4.79 Å². The van der Waals surface area contributed by atoms with Gasteiger partial charge in [0.15, 0.2) is 0 Å². The van der Waals surface area contributed by atoms with Crippen molar-refractivity contribution in [3.63, 3.8) is 0 Å². The zero-order valence-corrected chi connectivity index (χ0v) is 11.3. The lowest BCUT2D eigenvalue weighted by Crippen LogP contribution is -2.31. The molecule has 3 nitrogen and oxygen atoms in total. The van der Waals surface area contributed by atoms with Crippen LogP contribution in [-0.4, -0.2) is 25.0 Å². The third-order valence-corrected chi connectivity index (χ3v) is 2.86. The van der Waals surface area contributed by atoms with Crippen LogP contribution in [0.1, 0.15) is 13.8 Å². The van der Waals surface area contributed by atoms with E-state index in [4.69, 9.17) is 4.74 Å². The number of Topliss-reactive ketones (excluding diaryl/α,β-unsaturated/α-hetero) is 1. The summed E-state index contributed by atoms with van der Waals surface area (Å²) in [5.74, 6) is 0.994. The first kappa shape index (κ1) is 13.6. The topological polar surface area (TPSA) is 38.3 Å². The molecule has 0 radical (unpaired) electrons. The minimum absolute atomic E-state index is 0.0283. The second-order valence-corrected chi connectivity index (χ2v) is 4.77. The van der Waals surface area contributed by atoms with Gasteiger partial charge in [0.25, 0.3) is 0 Å². The lowest BCUT2D eigenvalue weighted by Gasteiger charge is -2.15. The van der Waals surface area contributed by atoms with Gasteiger partial charge in [-0.2, -0.15) is 0 Å². The van der Waals surface area contributed by atoms with Gasteiger partial charge < -0.3 is 10.1 Å². The minimum atomic E-state index is 0.0283. The maximum Gasteiger partial charge on any atom is 0.143 e. The zero-order valence-electron chi connectivity index (χ0n) is 11.3. The standard InChI is InChI=1S/C16H19NO2/c1-12(18)10-17-11-13(2)19-16-8-7-14-5-3-4-6-15(14)9-16/h3-9,13,17H,10-11H2,1-2H3. The molecule has 2 aromatic rings. The number of hydrogen-bond acceptors (Lipinski definition) is 3. The fourth-order valence-electron chi connectivity index (χ4n) is 1.97. The van der Waals surface area contributed by atoms with Crippen molar-refractivity contribution in [2.45, 2.75) is 20.0 Å². The van der Waals surface area contributed by atoms with Crippen LogP contribution >= 0.6 is 0 Å². The fourth-order valence-corrected chi connectivity index (χ4v) is 1.97. The summed E-state index contributed by atoms with van der Waals surface area (Å²) < 4.78 is 5.83. The summed E-state index contributed by atoms with van der Waals surface area (Å²) in [6, 6.07) is 14.3. The summed E-state index contributed by atoms with van der Waals surface area (Å²) in [6.45, 7) is 4.61. The number of benzene rings is 2. The Hall–Kier alpha value is -1.87. The van der Waals surface area contributed by atoms with Crippen molar-refractivity contribution in [3.8, 4) is 5.75 Å². The van der Waals surface area contributed by atoms with Gasteiger partial charge in [-0.3, -0.25) is 4.79 Å². The van der Waals surface area contributed by atoms with E-state index in [2.05, 4.69) is 23.5 Å². The second kappa shape index (κ2) is 6.34. The van der Waals surface area contributed by atoms with E-state index < -0.39 is 0 Å². The molecule has 0 fully saturated rings. The molecular weight excluding hydrogens is 238 g/mol. The van der Waals surface area contributed by atoms with E-state index in [1.165, 1.54) is 10.8 Å². The molecule has 0 aliphatic carbocycles. The molecule has 100 valence electrons. The van der Waals surface area contributed by atoms with E-state index >= 15 is 0 Å². The molecule has 0 spiro atoms. The molecule has 1 atom stereocenters. The molecule has 0 heterocycles. The molecule has 0 saturated heterocycles. The second-order valence-electron chi connectivity index (χ2n) is 4.77. The van der Waals surface area contributed by atoms with Gasteiger partial charge in [-0.05, 0) is 36.8 Å². The van der Waals surface area contributed by atoms with Crippen LogP contribution in [0.2, 0.25) is 0 Å². The van der Waals surface area contributed by atoms with Gasteiger partial charge in [-0.15, -0.1) is 0 Å². The maximum atomic E-state index is 10.8. The van der Waals surface area contributed by atoms with E-state index in [0.717, 1.165) is 5.75 Å². The number of nitrogens with one attached hydrogen (secondary N) is 1. The van der Waals surface area contributed by atoms with Crippen LogP contribution in [0, 0.1) is 0 Å². The Bertz CT molecular complexity index is 565. The predicted octanol–water partition coefficient (Wildman–Crippen LogP) is 2.79. The van der Waals surface area contributed by atoms with Crippen molar-refractivity contribution >= 4 is 16.6 Å². The highest BCUT2D eigenvalue weighted by Gasteiger charge is 2.05. The Morgan fingerprint density at radius 3 is 2.68 bits per heavy atom. The first-order valence-corrected chi connectivity index (χ1v) is 6.51. The quantitative estimate of drug-likeness (QED) is 0.864. The molecule has 2 rings (SSSR count). The third-order valence-electron chi connectivity index (χ3n) is 2.86. The van der Waals surface area contributed by atoms with Crippen LogP contribution in [0.4, 0.5) is 0 Å². The van der Waals surface area contributed by atoms with Gasteiger partial charge in [0, 0.05) is 6.54 Å². The number of hydrogen-bond donors (Lipinski definition) is 1. The molecule has 2 aromatic carbocycles. The van der Waals surface area contributed by atoms with E-state index in [1.54, 1.807) is 6.92 Å². The summed E-state index contributed by atoms with van der Waals surface area (Å²) in [5.41, 5.74) is 0. The number of carbonyl (C=O) groups is 1. The van der Waals surface area contributed by atoms with Gasteiger partial charge in [0.1, 0.15) is 17.6 Å². The molecule has 0 aliphatic heterocycles. The lowest BCUT2D eigenvalue weighted by atomic mass is 10.1. The van der Waals surface area contributed by atoms with Crippen molar-refractivity contribution in [2.24, 2.45) is 0 Å². The van der Waals surface area contributed by atoms with Gasteiger partial charge in [0.2, 0.25) is 0 Å². The van der Waals surface area contributed by atoms with E-state index in [1.807, 2.05) is 31.2 Å². The monoisotopic (exact) mass is 257 g/mol. The molecule has 0 aliphatic rings. The predicted molar refractivity (Wildman–Crippen MR) is 77.6 cm³/mol. The van der Waals surface area contributed by atoms with Crippen LogP contribution in [0.3, 0.4) is 0 Å². The molecule has 3 heteroatoms. The van der Waals surface area contributed by atoms with Crippen molar-refractivity contribution < 1.29 is 9.53 Å². The summed E-state index contributed by atoms with van der Waals surface area (Å²) in [4.78, 5) is 10.8. The molecule has 0 amide bonds. The van der Waals surface area contributed by atoms with Crippen LogP contribution in [0.25, 0.3) is 10.8 Å². The highest BCUT2D eigenvalue weighted by molar-refractivity contribution is 5.83. The minimum Gasteiger partial charge on any atom is -0.489 e. The number of ketones is 1. The molecular formula is C16H19NO2. The highest BCUT2D eigenvalue weighted by Crippen LogP contribution is 2.21. The average Bonchev–Trinajstić information content (AvgIpc) is 2.38. The molecule has 0 bridgehead atoms. The zero-order chi connectivity index (χ0) is 13.7. The Morgan fingerprint density at radius 1 is 1.21 bits per heavy atom. The van der Waals surface area contributed by atoms with Crippen LogP contribution < -0.4 is 10.1 Å². The van der Waals surface area contributed by atoms with Crippen molar-refractivity contribution in [1.82, 2.24) is 5.32 Å². The first-order valence-electron chi connectivity index (χ1n) is 6.51. The highest BCUT2D eigenvalue weighted by atomic mass is 16.5. The number of ether oxygens (including phenoxy) is 1. The van der Waals surface area contributed by atoms with Crippen molar-refractivity contribution in [2.75, 3.05) is 13.1 Å². The van der Waals surface area contributed by atoms with E-state index in [9.17, 15) is 4.79 Å². The van der Waals surface area contributed by atoms with E-state index in [0.29, 0.717) is 13.1 Å². The fraction of sp³-hybridized carbons (Fsp3) is 0.312. The van der Waals surface area contributed by atoms with E-state index in [-0.39, 0.29) is 11.9 Å². The van der Waals surface area contributed by atoms with Gasteiger partial charge in [-0.1, -0.05) is 30.3 Å². The molecule has 19 heavy (non-hydrogen) atoms. The molecule has 1 N–H and O–H groups in total. The maximum absolute atomic E-state index is 10.8. The number of fused-ring (bicyclic) bond motifs is 1. The van der Waals surface area contributed by atoms with Crippen molar-refractivity contribution in [3.05, 3.63) is 42.5 Å². The SMILES string of the molecule is CC(=O)CNCC(C)Oc1ccc2ccccc2c1. The number of rotatable bonds is 6. The lowest BCUT2D eigenvalue weighted by molar-refractivity contribution is -0.116. The largest absolute Gasteiger partial charge is 0.489 e. The van der Waals surface area contributed by atoms with Crippen LogP contribution in [0.15, 0.2) is 42.5 Å². The average molecular weight is 257 g/mol. The number of carbonyl (C=O) groups excluding carboxylic acids is 1. The Kier molecular flexibility index (Phi) is 4.53. The van der Waals surface area contributed by atoms with Gasteiger partial charge >= 0.3 is 0 Å². The summed E-state index contributed by atoms with van der Waals surface area (Å²) in [5, 5.41) is 5.44. The Balaban J connectivity index is 1.95. The third kappa shape index (κ3) is 4.07. The summed E-state index contributed by atoms with van der Waals surface area (Å²) in [6.07, 6.45) is 0.0283. The Morgan fingerprint density at radius 2 is 1.95 bits per heavy atom. The molecule has 0 aromatic heterocycles. The summed E-state index contributed by atoms with van der Waals surface area (Å²) in [7, 11) is 0. The Labute approximate surface area is 113 Å². The van der Waals surface area contributed by atoms with Gasteiger partial charge in [-0.25, -0.2) is 0 Å².